The molecule has 1 aliphatic heterocycles. The number of hydrogen-bond acceptors (Lipinski definition) is 2. The first kappa shape index (κ1) is 13.1. The smallest absolute Gasteiger partial charge is 0.315 e. The van der Waals surface area contributed by atoms with E-state index in [4.69, 9.17) is 0 Å². The molecular weight excluding hydrogens is 242 g/mol. The molecule has 19 heavy (non-hydrogen) atoms. The molecule has 0 saturated carbocycles. The highest BCUT2D eigenvalue weighted by Crippen LogP contribution is 2.20. The Labute approximate surface area is 112 Å². The minimum Gasteiger partial charge on any atom is -0.335 e. The Morgan fingerprint density at radius 2 is 2.16 bits per heavy atom. The summed E-state index contributed by atoms with van der Waals surface area (Å²) < 4.78 is 0. The molecule has 0 bridgehead atoms. The minimum absolute atomic E-state index is 0.0695. The van der Waals surface area contributed by atoms with E-state index in [2.05, 4.69) is 17.2 Å². The van der Waals surface area contributed by atoms with Gasteiger partial charge in [-0.2, -0.15) is 0 Å². The molecule has 5 nitrogen and oxygen atoms in total. The molecule has 100 valence electrons. The molecular formula is C14H17N3O2. The van der Waals surface area contributed by atoms with Gasteiger partial charge in [0.05, 0.1) is 0 Å². The standard InChI is InChI=1S/C14H17N3O2/c1-2-9-15-14(19)16-12-8-10-17(13(12)18)11-6-4-3-5-7-11/h2-7,12H,1,8-10H2,(H2,15,16,19). The number of urea groups is 1. The van der Waals surface area contributed by atoms with Crippen LogP contribution in [-0.4, -0.2) is 31.1 Å². The van der Waals surface area contributed by atoms with E-state index in [0.29, 0.717) is 19.5 Å². The third-order valence-electron chi connectivity index (χ3n) is 2.99. The van der Waals surface area contributed by atoms with Crippen molar-refractivity contribution in [1.82, 2.24) is 10.6 Å². The Hall–Kier alpha value is -2.30. The van der Waals surface area contributed by atoms with Gasteiger partial charge in [-0.15, -0.1) is 6.58 Å². The zero-order valence-electron chi connectivity index (χ0n) is 10.6. The van der Waals surface area contributed by atoms with Gasteiger partial charge >= 0.3 is 6.03 Å². The Morgan fingerprint density at radius 3 is 2.84 bits per heavy atom. The number of amides is 3. The molecule has 0 aromatic heterocycles. The molecule has 5 heteroatoms. The van der Waals surface area contributed by atoms with Crippen LogP contribution in [0.15, 0.2) is 43.0 Å². The SMILES string of the molecule is C=CCNC(=O)NC1CCN(c2ccccc2)C1=O. The number of nitrogens with zero attached hydrogens (tertiary/aromatic N) is 1. The van der Waals surface area contributed by atoms with Gasteiger partial charge in [0.15, 0.2) is 0 Å². The van der Waals surface area contributed by atoms with Crippen molar-refractivity contribution < 1.29 is 9.59 Å². The average Bonchev–Trinajstić information content (AvgIpc) is 2.79. The Balaban J connectivity index is 1.95. The second-order valence-electron chi connectivity index (χ2n) is 4.31. The molecule has 1 unspecified atom stereocenters. The van der Waals surface area contributed by atoms with Crippen LogP contribution in [0.25, 0.3) is 0 Å². The van der Waals surface area contributed by atoms with Crippen LogP contribution >= 0.6 is 0 Å². The summed E-state index contributed by atoms with van der Waals surface area (Å²) in [5.41, 5.74) is 0.864. The zero-order chi connectivity index (χ0) is 13.7. The third-order valence-corrected chi connectivity index (χ3v) is 2.99. The fraction of sp³-hybridized carbons (Fsp3) is 0.286. The van der Waals surface area contributed by atoms with E-state index in [1.165, 1.54) is 0 Å². The molecule has 1 atom stereocenters. The van der Waals surface area contributed by atoms with Crippen LogP contribution in [-0.2, 0) is 4.79 Å². The highest BCUT2D eigenvalue weighted by Gasteiger charge is 2.33. The monoisotopic (exact) mass is 259 g/mol. The average molecular weight is 259 g/mol. The molecule has 1 aromatic rings. The Bertz CT molecular complexity index is 473. The lowest BCUT2D eigenvalue weighted by Crippen LogP contribution is -2.46. The maximum absolute atomic E-state index is 12.2. The van der Waals surface area contributed by atoms with E-state index in [1.807, 2.05) is 30.3 Å². The van der Waals surface area contributed by atoms with E-state index >= 15 is 0 Å². The van der Waals surface area contributed by atoms with Gasteiger partial charge in [-0.3, -0.25) is 4.79 Å². The minimum atomic E-state index is -0.454. The third kappa shape index (κ3) is 3.13. The molecule has 1 fully saturated rings. The van der Waals surface area contributed by atoms with Gasteiger partial charge in [0.1, 0.15) is 6.04 Å². The summed E-state index contributed by atoms with van der Waals surface area (Å²) in [5.74, 6) is -0.0695. The fourth-order valence-corrected chi connectivity index (χ4v) is 2.05. The first-order valence-electron chi connectivity index (χ1n) is 6.24. The van der Waals surface area contributed by atoms with Crippen LogP contribution in [0.1, 0.15) is 6.42 Å². The molecule has 3 amide bonds. The molecule has 1 saturated heterocycles. The van der Waals surface area contributed by atoms with Crippen LogP contribution < -0.4 is 15.5 Å². The first-order valence-corrected chi connectivity index (χ1v) is 6.24. The number of para-hydroxylation sites is 1. The van der Waals surface area contributed by atoms with Gasteiger partial charge in [0.25, 0.3) is 0 Å². The number of carbonyl (C=O) groups excluding carboxylic acids is 2. The number of rotatable bonds is 4. The van der Waals surface area contributed by atoms with Crippen molar-refractivity contribution in [3.05, 3.63) is 43.0 Å². The number of hydrogen-bond donors (Lipinski definition) is 2. The molecule has 0 aliphatic carbocycles. The maximum atomic E-state index is 12.2. The maximum Gasteiger partial charge on any atom is 0.315 e. The predicted molar refractivity (Wildman–Crippen MR) is 73.9 cm³/mol. The quantitative estimate of drug-likeness (QED) is 0.800. The van der Waals surface area contributed by atoms with Gasteiger partial charge in [-0.25, -0.2) is 4.79 Å². The lowest BCUT2D eigenvalue weighted by atomic mass is 10.2. The van der Waals surface area contributed by atoms with Gasteiger partial charge in [-0.05, 0) is 18.6 Å². The second-order valence-corrected chi connectivity index (χ2v) is 4.31. The van der Waals surface area contributed by atoms with E-state index in [0.717, 1.165) is 5.69 Å². The fourth-order valence-electron chi connectivity index (χ4n) is 2.05. The summed E-state index contributed by atoms with van der Waals surface area (Å²) in [7, 11) is 0. The highest BCUT2D eigenvalue weighted by atomic mass is 16.2. The van der Waals surface area contributed by atoms with Crippen LogP contribution in [0.2, 0.25) is 0 Å². The normalized spacial score (nSPS) is 18.2. The van der Waals surface area contributed by atoms with Crippen molar-refractivity contribution in [3.8, 4) is 0 Å². The number of anilines is 1. The van der Waals surface area contributed by atoms with Crippen LogP contribution in [0.4, 0.5) is 10.5 Å². The number of carbonyl (C=O) groups is 2. The van der Waals surface area contributed by atoms with Crippen molar-refractivity contribution in [2.45, 2.75) is 12.5 Å². The second kappa shape index (κ2) is 6.04. The van der Waals surface area contributed by atoms with Gasteiger partial charge < -0.3 is 15.5 Å². The summed E-state index contributed by atoms with van der Waals surface area (Å²) in [6.45, 7) is 4.52. The topological polar surface area (TPSA) is 61.4 Å². The van der Waals surface area contributed by atoms with E-state index < -0.39 is 6.04 Å². The molecule has 1 aromatic carbocycles. The summed E-state index contributed by atoms with van der Waals surface area (Å²) in [6, 6.07) is 8.66. The van der Waals surface area contributed by atoms with Gasteiger partial charge in [-0.1, -0.05) is 24.3 Å². The van der Waals surface area contributed by atoms with Crippen molar-refractivity contribution >= 4 is 17.6 Å². The molecule has 1 aliphatic rings. The van der Waals surface area contributed by atoms with E-state index in [-0.39, 0.29) is 11.9 Å². The van der Waals surface area contributed by atoms with Crippen LogP contribution in [0.3, 0.4) is 0 Å². The lowest BCUT2D eigenvalue weighted by molar-refractivity contribution is -0.118. The zero-order valence-corrected chi connectivity index (χ0v) is 10.6. The lowest BCUT2D eigenvalue weighted by Gasteiger charge is -2.17. The summed E-state index contributed by atoms with van der Waals surface area (Å²) in [6.07, 6.45) is 2.21. The van der Waals surface area contributed by atoms with Crippen molar-refractivity contribution in [2.75, 3.05) is 18.0 Å². The summed E-state index contributed by atoms with van der Waals surface area (Å²) in [4.78, 5) is 25.4. The molecule has 2 rings (SSSR count). The predicted octanol–water partition coefficient (Wildman–Crippen LogP) is 1.28. The molecule has 0 radical (unpaired) electrons. The summed E-state index contributed by atoms with van der Waals surface area (Å²) in [5, 5.41) is 5.27. The van der Waals surface area contributed by atoms with Crippen LogP contribution in [0.5, 0.6) is 0 Å². The first-order chi connectivity index (χ1) is 9.22. The largest absolute Gasteiger partial charge is 0.335 e. The van der Waals surface area contributed by atoms with Gasteiger partial charge in [0.2, 0.25) is 5.91 Å². The number of nitrogens with one attached hydrogen (secondary N) is 2. The van der Waals surface area contributed by atoms with Crippen molar-refractivity contribution in [1.29, 1.82) is 0 Å². The van der Waals surface area contributed by atoms with Gasteiger partial charge in [0, 0.05) is 18.8 Å². The number of benzene rings is 1. The van der Waals surface area contributed by atoms with Crippen LogP contribution in [0, 0.1) is 0 Å². The van der Waals surface area contributed by atoms with Crippen molar-refractivity contribution in [3.63, 3.8) is 0 Å². The Kier molecular flexibility index (Phi) is 4.18. The Morgan fingerprint density at radius 1 is 1.42 bits per heavy atom. The van der Waals surface area contributed by atoms with Crippen molar-refractivity contribution in [2.24, 2.45) is 0 Å². The van der Waals surface area contributed by atoms with E-state index in [9.17, 15) is 9.59 Å². The highest BCUT2D eigenvalue weighted by molar-refractivity contribution is 6.01. The molecule has 1 heterocycles. The van der Waals surface area contributed by atoms with E-state index in [1.54, 1.807) is 11.0 Å². The molecule has 0 spiro atoms. The molecule has 2 N–H and O–H groups in total. The summed E-state index contributed by atoms with van der Waals surface area (Å²) >= 11 is 0.